The molecular formula is C21H36FN5O2S. The van der Waals surface area contributed by atoms with Crippen molar-refractivity contribution in [2.45, 2.75) is 39.8 Å². The standard InChI is InChI=1S/C21H36FN5O2S/c1-5-23-21(25-17(3)9-14-30(4,28)29)24-16-18-7-8-20(19(22)15-18)27-12-10-26(6-2)11-13-27/h7-8,15,17H,5-6,9-14,16H2,1-4H3,(H2,23,24,25). The Hall–Kier alpha value is -1.87. The molecule has 0 saturated carbocycles. The first kappa shape index (κ1) is 24.4. The van der Waals surface area contributed by atoms with Gasteiger partial charge < -0.3 is 20.4 Å². The van der Waals surface area contributed by atoms with Crippen LogP contribution in [-0.2, 0) is 16.4 Å². The smallest absolute Gasteiger partial charge is 0.191 e. The third-order valence-electron chi connectivity index (χ3n) is 5.24. The van der Waals surface area contributed by atoms with Gasteiger partial charge in [0.2, 0.25) is 0 Å². The summed E-state index contributed by atoms with van der Waals surface area (Å²) in [4.78, 5) is 9.00. The summed E-state index contributed by atoms with van der Waals surface area (Å²) in [7, 11) is -2.99. The van der Waals surface area contributed by atoms with E-state index in [9.17, 15) is 12.8 Å². The van der Waals surface area contributed by atoms with Crippen LogP contribution in [-0.4, -0.2) is 76.6 Å². The quantitative estimate of drug-likeness (QED) is 0.450. The highest BCUT2D eigenvalue weighted by molar-refractivity contribution is 7.90. The van der Waals surface area contributed by atoms with E-state index in [0.29, 0.717) is 31.2 Å². The number of piperazine rings is 1. The van der Waals surface area contributed by atoms with Crippen LogP contribution in [0, 0.1) is 5.82 Å². The molecule has 0 radical (unpaired) electrons. The summed E-state index contributed by atoms with van der Waals surface area (Å²) < 4.78 is 37.4. The van der Waals surface area contributed by atoms with Crippen molar-refractivity contribution in [3.05, 3.63) is 29.6 Å². The third-order valence-corrected chi connectivity index (χ3v) is 6.22. The van der Waals surface area contributed by atoms with Crippen LogP contribution >= 0.6 is 0 Å². The lowest BCUT2D eigenvalue weighted by Crippen LogP contribution is -2.46. The van der Waals surface area contributed by atoms with Crippen molar-refractivity contribution in [3.8, 4) is 0 Å². The maximum atomic E-state index is 14.7. The fraction of sp³-hybridized carbons (Fsp3) is 0.667. The molecule has 0 spiro atoms. The van der Waals surface area contributed by atoms with Crippen molar-refractivity contribution in [1.82, 2.24) is 15.5 Å². The van der Waals surface area contributed by atoms with Crippen LogP contribution < -0.4 is 15.5 Å². The number of hydrogen-bond acceptors (Lipinski definition) is 5. The first-order valence-electron chi connectivity index (χ1n) is 10.7. The highest BCUT2D eigenvalue weighted by Crippen LogP contribution is 2.22. The van der Waals surface area contributed by atoms with E-state index < -0.39 is 9.84 Å². The van der Waals surface area contributed by atoms with Gasteiger partial charge in [0.15, 0.2) is 5.96 Å². The Balaban J connectivity index is 1.97. The van der Waals surface area contributed by atoms with Crippen molar-refractivity contribution < 1.29 is 12.8 Å². The van der Waals surface area contributed by atoms with Gasteiger partial charge in [0.1, 0.15) is 15.7 Å². The van der Waals surface area contributed by atoms with E-state index in [1.165, 1.54) is 6.26 Å². The molecule has 1 aromatic carbocycles. The van der Waals surface area contributed by atoms with Crippen molar-refractivity contribution >= 4 is 21.5 Å². The second-order valence-electron chi connectivity index (χ2n) is 7.87. The first-order chi connectivity index (χ1) is 14.2. The number of hydrogen-bond donors (Lipinski definition) is 2. The Labute approximate surface area is 180 Å². The van der Waals surface area contributed by atoms with Crippen LogP contribution in [0.3, 0.4) is 0 Å². The van der Waals surface area contributed by atoms with Gasteiger partial charge in [0, 0.05) is 45.0 Å². The van der Waals surface area contributed by atoms with Crippen molar-refractivity contribution in [2.75, 3.05) is 56.2 Å². The predicted octanol–water partition coefficient (Wildman–Crippen LogP) is 1.85. The fourth-order valence-corrected chi connectivity index (χ4v) is 4.18. The van der Waals surface area contributed by atoms with Gasteiger partial charge in [0.05, 0.1) is 18.0 Å². The molecule has 1 saturated heterocycles. The Morgan fingerprint density at radius 3 is 2.50 bits per heavy atom. The summed E-state index contributed by atoms with van der Waals surface area (Å²) in [5, 5.41) is 6.37. The zero-order chi connectivity index (χ0) is 22.1. The number of nitrogens with one attached hydrogen (secondary N) is 2. The minimum Gasteiger partial charge on any atom is -0.367 e. The molecule has 7 nitrogen and oxygen atoms in total. The number of guanidine groups is 1. The summed E-state index contributed by atoms with van der Waals surface area (Å²) >= 11 is 0. The van der Waals surface area contributed by atoms with E-state index in [4.69, 9.17) is 0 Å². The molecule has 9 heteroatoms. The van der Waals surface area contributed by atoms with Crippen LogP contribution in [0.15, 0.2) is 23.2 Å². The number of rotatable bonds is 9. The molecule has 1 fully saturated rings. The average Bonchev–Trinajstić information content (AvgIpc) is 2.70. The molecule has 1 aliphatic rings. The number of nitrogens with zero attached hydrogens (tertiary/aromatic N) is 3. The fourth-order valence-electron chi connectivity index (χ4n) is 3.40. The van der Waals surface area contributed by atoms with Crippen LogP contribution in [0.1, 0.15) is 32.8 Å². The van der Waals surface area contributed by atoms with Gasteiger partial charge in [-0.3, -0.25) is 0 Å². The summed E-state index contributed by atoms with van der Waals surface area (Å²) in [6.45, 7) is 11.7. The summed E-state index contributed by atoms with van der Waals surface area (Å²) in [5.74, 6) is 0.505. The number of halogens is 1. The monoisotopic (exact) mass is 441 g/mol. The van der Waals surface area contributed by atoms with Gasteiger partial charge in [-0.2, -0.15) is 0 Å². The third kappa shape index (κ3) is 8.10. The van der Waals surface area contributed by atoms with E-state index >= 15 is 0 Å². The van der Waals surface area contributed by atoms with Gasteiger partial charge in [-0.15, -0.1) is 0 Å². The predicted molar refractivity (Wildman–Crippen MR) is 122 cm³/mol. The number of aliphatic imine (C=N–C) groups is 1. The van der Waals surface area contributed by atoms with Crippen LogP contribution in [0.2, 0.25) is 0 Å². The molecule has 0 aliphatic carbocycles. The molecule has 0 bridgehead atoms. The molecule has 1 heterocycles. The van der Waals surface area contributed by atoms with Gasteiger partial charge in [-0.05, 0) is 44.5 Å². The summed E-state index contributed by atoms with van der Waals surface area (Å²) in [6.07, 6.45) is 1.73. The Kier molecular flexibility index (Phi) is 9.36. The minimum absolute atomic E-state index is 0.0431. The van der Waals surface area contributed by atoms with E-state index in [1.807, 2.05) is 26.0 Å². The highest BCUT2D eigenvalue weighted by Gasteiger charge is 2.18. The maximum absolute atomic E-state index is 14.7. The van der Waals surface area contributed by atoms with E-state index in [1.54, 1.807) is 6.07 Å². The van der Waals surface area contributed by atoms with Gasteiger partial charge >= 0.3 is 0 Å². The van der Waals surface area contributed by atoms with E-state index in [2.05, 4.69) is 32.3 Å². The molecule has 170 valence electrons. The second kappa shape index (κ2) is 11.5. The van der Waals surface area contributed by atoms with E-state index in [0.717, 1.165) is 38.3 Å². The van der Waals surface area contributed by atoms with Gasteiger partial charge in [-0.1, -0.05) is 13.0 Å². The summed E-state index contributed by atoms with van der Waals surface area (Å²) in [6, 6.07) is 5.28. The van der Waals surface area contributed by atoms with Gasteiger partial charge in [-0.25, -0.2) is 17.8 Å². The first-order valence-corrected chi connectivity index (χ1v) is 12.8. The average molecular weight is 442 g/mol. The highest BCUT2D eigenvalue weighted by atomic mass is 32.2. The van der Waals surface area contributed by atoms with Crippen LogP contribution in [0.25, 0.3) is 0 Å². The molecule has 0 aromatic heterocycles. The number of anilines is 1. The number of benzene rings is 1. The van der Waals surface area contributed by atoms with Crippen LogP contribution in [0.5, 0.6) is 0 Å². The Morgan fingerprint density at radius 1 is 1.23 bits per heavy atom. The Morgan fingerprint density at radius 2 is 1.93 bits per heavy atom. The molecule has 2 N–H and O–H groups in total. The molecule has 0 amide bonds. The van der Waals surface area contributed by atoms with Crippen molar-refractivity contribution in [2.24, 2.45) is 4.99 Å². The van der Waals surface area contributed by atoms with Crippen molar-refractivity contribution in [1.29, 1.82) is 0 Å². The topological polar surface area (TPSA) is 77.0 Å². The SMILES string of the molecule is CCNC(=NCc1ccc(N2CCN(CC)CC2)c(F)c1)NC(C)CCS(C)(=O)=O. The molecule has 1 aliphatic heterocycles. The molecule has 1 atom stereocenters. The lowest BCUT2D eigenvalue weighted by Gasteiger charge is -2.35. The second-order valence-corrected chi connectivity index (χ2v) is 10.1. The molecule has 2 rings (SSSR count). The lowest BCUT2D eigenvalue weighted by molar-refractivity contribution is 0.270. The molecule has 1 unspecified atom stereocenters. The lowest BCUT2D eigenvalue weighted by atomic mass is 10.1. The normalized spacial score (nSPS) is 17.1. The largest absolute Gasteiger partial charge is 0.367 e. The van der Waals surface area contributed by atoms with E-state index in [-0.39, 0.29) is 17.6 Å². The van der Waals surface area contributed by atoms with Gasteiger partial charge in [0.25, 0.3) is 0 Å². The summed E-state index contributed by atoms with van der Waals surface area (Å²) in [5.41, 5.74) is 1.45. The molecule has 30 heavy (non-hydrogen) atoms. The maximum Gasteiger partial charge on any atom is 0.191 e. The zero-order valence-corrected chi connectivity index (χ0v) is 19.4. The van der Waals surface area contributed by atoms with Crippen molar-refractivity contribution in [3.63, 3.8) is 0 Å². The molecule has 1 aromatic rings. The zero-order valence-electron chi connectivity index (χ0n) is 18.6. The molecular weight excluding hydrogens is 405 g/mol. The number of sulfone groups is 1. The Bertz CT molecular complexity index is 808. The number of likely N-dealkylation sites (N-methyl/N-ethyl adjacent to an activating group) is 1. The minimum atomic E-state index is -2.99. The van der Waals surface area contributed by atoms with Crippen LogP contribution in [0.4, 0.5) is 10.1 Å².